The molecule has 2 aromatic carbocycles. The molecule has 0 bridgehead atoms. The lowest BCUT2D eigenvalue weighted by molar-refractivity contribution is -0.119. The summed E-state index contributed by atoms with van der Waals surface area (Å²) in [4.78, 5) is 43.7. The summed E-state index contributed by atoms with van der Waals surface area (Å²) in [6, 6.07) is 23.9. The number of carbonyl (C=O) groups is 3. The largest absolute Gasteiger partial charge is 0.444 e. The average molecular weight is 757 g/mol. The normalized spacial score (nSPS) is 9.67. The first-order valence-electron chi connectivity index (χ1n) is 20.2. The smallest absolute Gasteiger partial charge is 0.407 e. The molecule has 55 heavy (non-hydrogen) atoms. The van der Waals surface area contributed by atoms with Gasteiger partial charge in [-0.2, -0.15) is 0 Å². The van der Waals surface area contributed by atoms with Crippen molar-refractivity contribution < 1.29 is 19.1 Å². The van der Waals surface area contributed by atoms with Crippen LogP contribution in [0.4, 0.5) is 4.79 Å². The van der Waals surface area contributed by atoms with E-state index in [2.05, 4.69) is 27.4 Å². The number of Topliss-reactive ketones (excluding diaryl/α,β-unsaturated/α-hetero) is 2. The Morgan fingerprint density at radius 3 is 1.22 bits per heavy atom. The predicted octanol–water partition coefficient (Wildman–Crippen LogP) is 11.0. The molecular weight excluding hydrogens is 685 g/mol. The summed E-state index contributed by atoms with van der Waals surface area (Å²) in [6.07, 6.45) is 12.0. The fourth-order valence-electron chi connectivity index (χ4n) is 4.63. The van der Waals surface area contributed by atoms with Crippen LogP contribution in [-0.4, -0.2) is 33.2 Å². The number of benzene rings is 2. The highest BCUT2D eigenvalue weighted by Gasteiger charge is 2.15. The van der Waals surface area contributed by atoms with E-state index in [1.807, 2.05) is 143 Å². The summed E-state index contributed by atoms with van der Waals surface area (Å²) >= 11 is 0. The van der Waals surface area contributed by atoms with E-state index < -0.39 is 11.7 Å². The molecule has 0 unspecified atom stereocenters. The van der Waals surface area contributed by atoms with Gasteiger partial charge in [0.05, 0.1) is 0 Å². The minimum absolute atomic E-state index is 0.259. The van der Waals surface area contributed by atoms with Crippen molar-refractivity contribution in [1.82, 2.24) is 15.3 Å². The number of pyridine rings is 2. The molecular formula is C47H72N4O4. The van der Waals surface area contributed by atoms with Gasteiger partial charge in [0.2, 0.25) is 0 Å². The number of aryl methyl sites for hydroxylation is 4. The van der Waals surface area contributed by atoms with E-state index in [-0.39, 0.29) is 5.78 Å². The first-order valence-corrected chi connectivity index (χ1v) is 20.2. The zero-order chi connectivity index (χ0) is 41.9. The van der Waals surface area contributed by atoms with Crippen LogP contribution in [0, 0.1) is 0 Å². The molecule has 0 saturated heterocycles. The van der Waals surface area contributed by atoms with Gasteiger partial charge in [-0.05, 0) is 92.0 Å². The van der Waals surface area contributed by atoms with Crippen LogP contribution in [0.2, 0.25) is 0 Å². The summed E-state index contributed by atoms with van der Waals surface area (Å²) in [6.45, 7) is 22.5. The molecule has 2 aromatic heterocycles. The van der Waals surface area contributed by atoms with Gasteiger partial charge >= 0.3 is 6.09 Å². The van der Waals surface area contributed by atoms with Crippen molar-refractivity contribution in [3.8, 4) is 0 Å². The number of carbonyl (C=O) groups excluding carboxylic acids is 3. The van der Waals surface area contributed by atoms with E-state index in [9.17, 15) is 14.4 Å². The van der Waals surface area contributed by atoms with E-state index >= 15 is 0 Å². The number of ether oxygens (including phenoxy) is 1. The Kier molecular flexibility index (Phi) is 32.3. The van der Waals surface area contributed by atoms with Gasteiger partial charge in [-0.15, -0.1) is 0 Å². The fourth-order valence-corrected chi connectivity index (χ4v) is 4.63. The summed E-state index contributed by atoms with van der Waals surface area (Å²) in [7, 11) is 0. The molecule has 1 amide bonds. The predicted molar refractivity (Wildman–Crippen MR) is 231 cm³/mol. The molecule has 0 atom stereocenters. The number of nitrogens with two attached hydrogens (primary N) is 1. The Morgan fingerprint density at radius 1 is 0.545 bits per heavy atom. The monoisotopic (exact) mass is 757 g/mol. The Morgan fingerprint density at radius 2 is 0.891 bits per heavy atom. The number of nitrogens with zero attached hydrogens (tertiary/aromatic N) is 2. The second kappa shape index (κ2) is 33.8. The van der Waals surface area contributed by atoms with Crippen molar-refractivity contribution in [3.63, 3.8) is 0 Å². The van der Waals surface area contributed by atoms with Gasteiger partial charge in [0.1, 0.15) is 17.2 Å². The van der Waals surface area contributed by atoms with Crippen LogP contribution < -0.4 is 11.1 Å². The summed E-state index contributed by atoms with van der Waals surface area (Å²) < 4.78 is 5.21. The summed E-state index contributed by atoms with van der Waals surface area (Å²) in [5.41, 5.74) is 11.7. The van der Waals surface area contributed by atoms with Crippen LogP contribution in [0.5, 0.6) is 0 Å². The van der Waals surface area contributed by atoms with E-state index in [0.29, 0.717) is 44.6 Å². The maximum absolute atomic E-state index is 12.1. The highest BCUT2D eigenvalue weighted by atomic mass is 16.6. The lowest BCUT2D eigenvalue weighted by Crippen LogP contribution is -2.32. The molecule has 304 valence electrons. The topological polar surface area (TPSA) is 124 Å². The van der Waals surface area contributed by atoms with Crippen molar-refractivity contribution in [3.05, 3.63) is 131 Å². The fraction of sp³-hybridized carbons (Fsp3) is 0.468. The van der Waals surface area contributed by atoms with Gasteiger partial charge in [-0.25, -0.2) is 4.79 Å². The lowest BCUT2D eigenvalue weighted by Gasteiger charge is -2.19. The van der Waals surface area contributed by atoms with Gasteiger partial charge < -0.3 is 15.8 Å². The second-order valence-electron chi connectivity index (χ2n) is 12.5. The number of hydrogen-bond donors (Lipinski definition) is 2. The number of hydrogen-bond acceptors (Lipinski definition) is 7. The van der Waals surface area contributed by atoms with Crippen LogP contribution in [0.15, 0.2) is 97.6 Å². The molecule has 3 N–H and O–H groups in total. The van der Waals surface area contributed by atoms with Crippen LogP contribution >= 0.6 is 0 Å². The third kappa shape index (κ3) is 27.5. The number of aromatic nitrogens is 2. The molecule has 0 fully saturated rings. The average Bonchev–Trinajstić information content (AvgIpc) is 3.23. The van der Waals surface area contributed by atoms with Crippen LogP contribution in [0.25, 0.3) is 0 Å². The maximum Gasteiger partial charge on any atom is 0.407 e. The Hall–Kier alpha value is -4.69. The first kappa shape index (κ1) is 52.4. The van der Waals surface area contributed by atoms with Gasteiger partial charge in [0.15, 0.2) is 0 Å². The third-order valence-corrected chi connectivity index (χ3v) is 7.33. The molecule has 0 spiro atoms. The Bertz CT molecular complexity index is 1500. The molecule has 8 nitrogen and oxygen atoms in total. The van der Waals surface area contributed by atoms with Crippen molar-refractivity contribution >= 4 is 17.7 Å². The molecule has 0 saturated carbocycles. The summed E-state index contributed by atoms with van der Waals surface area (Å²) in [5, 5.41) is 2.74. The Labute approximate surface area is 334 Å². The van der Waals surface area contributed by atoms with Crippen molar-refractivity contribution in [2.45, 2.75) is 146 Å². The number of rotatable bonds is 15. The number of amides is 1. The molecule has 4 aromatic rings. The van der Waals surface area contributed by atoms with E-state index in [1.165, 1.54) is 5.56 Å². The van der Waals surface area contributed by atoms with Gasteiger partial charge in [-0.3, -0.25) is 19.6 Å². The zero-order valence-corrected chi connectivity index (χ0v) is 35.9. The molecule has 0 aliphatic carbocycles. The third-order valence-electron chi connectivity index (χ3n) is 7.33. The molecule has 0 aliphatic heterocycles. The van der Waals surface area contributed by atoms with Crippen LogP contribution in [0.1, 0.15) is 135 Å². The zero-order valence-electron chi connectivity index (χ0n) is 35.9. The van der Waals surface area contributed by atoms with Crippen LogP contribution in [-0.2, 0) is 53.1 Å². The van der Waals surface area contributed by atoms with E-state index in [0.717, 1.165) is 53.5 Å². The van der Waals surface area contributed by atoms with E-state index in [1.54, 1.807) is 18.6 Å². The van der Waals surface area contributed by atoms with Gasteiger partial charge in [0.25, 0.3) is 0 Å². The van der Waals surface area contributed by atoms with Crippen molar-refractivity contribution in [2.24, 2.45) is 5.73 Å². The summed E-state index contributed by atoms with van der Waals surface area (Å²) in [5.74, 6) is 0.561. The molecule has 2 heterocycles. The van der Waals surface area contributed by atoms with Crippen LogP contribution in [0.3, 0.4) is 0 Å². The minimum Gasteiger partial charge on any atom is -0.444 e. The Balaban J connectivity index is 0. The molecule has 8 heteroatoms. The standard InChI is InChI=1S/C22H28N2O3.C17H20N2O.4C2H6/c1-22(2,3)27-21(26)24-16-19-8-6-17(7-9-19)10-12-20(25)13-11-18-5-4-14-23-15-18;18-12-15-5-3-14(4-6-15)7-9-17(20)10-8-16-2-1-11-19-13-16;4*1-2/h4-9,14-15H,10-13,16H2,1-3H3,(H,24,26);1-6,11,13H,7-10,12,18H2;4*1-2H3. The minimum atomic E-state index is -0.502. The molecule has 0 radical (unpaired) electrons. The highest BCUT2D eigenvalue weighted by Crippen LogP contribution is 2.12. The lowest BCUT2D eigenvalue weighted by atomic mass is 10.0. The van der Waals surface area contributed by atoms with E-state index in [4.69, 9.17) is 10.5 Å². The van der Waals surface area contributed by atoms with Crippen molar-refractivity contribution in [1.29, 1.82) is 0 Å². The SMILES string of the molecule is CC.CC.CC.CC.CC(C)(C)OC(=O)NCc1ccc(CCC(=O)CCc2cccnc2)cc1.NCc1ccc(CCC(=O)CCc2cccnc2)cc1. The highest BCUT2D eigenvalue weighted by molar-refractivity contribution is 5.79. The van der Waals surface area contributed by atoms with Gasteiger partial charge in [0, 0.05) is 63.6 Å². The second-order valence-corrected chi connectivity index (χ2v) is 12.5. The number of alkyl carbamates (subject to hydrolysis) is 1. The number of nitrogens with one attached hydrogen (secondary N) is 1. The first-order chi connectivity index (χ1) is 26.6. The maximum atomic E-state index is 12.1. The molecule has 0 aliphatic rings. The number of ketones is 2. The van der Waals surface area contributed by atoms with Gasteiger partial charge in [-0.1, -0.05) is 116 Å². The van der Waals surface area contributed by atoms with Crippen molar-refractivity contribution in [2.75, 3.05) is 0 Å². The molecule has 4 rings (SSSR count). The quantitative estimate of drug-likeness (QED) is 0.124.